The number of carbonyl (C=O) groups excluding carboxylic acids is 2. The number of thioether (sulfide) groups is 1. The monoisotopic (exact) mass is 466 g/mol. The predicted octanol–water partition coefficient (Wildman–Crippen LogP) is 5.67. The second kappa shape index (κ2) is 12.2. The van der Waals surface area contributed by atoms with Gasteiger partial charge < -0.3 is 10.2 Å². The fraction of sp³-hybridized carbons (Fsp3) is 0.391. The van der Waals surface area contributed by atoms with Gasteiger partial charge in [-0.1, -0.05) is 68.2 Å². The minimum Gasteiger partial charge on any atom is -0.354 e. The molecule has 0 aromatic heterocycles. The minimum atomic E-state index is -0.597. The van der Waals surface area contributed by atoms with Crippen LogP contribution in [0.15, 0.2) is 53.4 Å². The number of hydrogen-bond acceptors (Lipinski definition) is 3. The summed E-state index contributed by atoms with van der Waals surface area (Å²) in [5.74, 6) is 0.251. The van der Waals surface area contributed by atoms with E-state index in [9.17, 15) is 9.59 Å². The Balaban J connectivity index is 2.25. The lowest BCUT2D eigenvalue weighted by Gasteiger charge is -2.31. The second-order valence-corrected chi connectivity index (χ2v) is 9.25. The van der Waals surface area contributed by atoms with Gasteiger partial charge in [-0.3, -0.25) is 9.59 Å². The number of hydrogen-bond donors (Lipinski definition) is 1. The van der Waals surface area contributed by atoms with Gasteiger partial charge in [0.2, 0.25) is 11.8 Å². The smallest absolute Gasteiger partial charge is 0.242 e. The predicted molar refractivity (Wildman–Crippen MR) is 126 cm³/mol. The van der Waals surface area contributed by atoms with E-state index < -0.39 is 6.04 Å². The molecule has 0 radical (unpaired) electrons. The first-order valence-electron chi connectivity index (χ1n) is 10.0. The fourth-order valence-electron chi connectivity index (χ4n) is 2.94. The van der Waals surface area contributed by atoms with Gasteiger partial charge in [0.05, 0.1) is 5.75 Å². The highest BCUT2D eigenvalue weighted by molar-refractivity contribution is 8.00. The molecule has 2 aromatic carbocycles. The first kappa shape index (κ1) is 24.6. The molecule has 1 N–H and O–H groups in total. The summed E-state index contributed by atoms with van der Waals surface area (Å²) in [6.45, 7) is 6.70. The summed E-state index contributed by atoms with van der Waals surface area (Å²) < 4.78 is 0. The number of rotatable bonds is 10. The Morgan fingerprint density at radius 2 is 1.67 bits per heavy atom. The van der Waals surface area contributed by atoms with E-state index >= 15 is 0 Å². The van der Waals surface area contributed by atoms with Gasteiger partial charge in [0, 0.05) is 33.6 Å². The van der Waals surface area contributed by atoms with Crippen LogP contribution in [0.25, 0.3) is 0 Å². The van der Waals surface area contributed by atoms with Gasteiger partial charge >= 0.3 is 0 Å². The largest absolute Gasteiger partial charge is 0.354 e. The zero-order valence-electron chi connectivity index (χ0n) is 17.5. The van der Waals surface area contributed by atoms with Crippen LogP contribution in [0, 0.1) is 5.92 Å². The van der Waals surface area contributed by atoms with Crippen molar-refractivity contribution in [1.29, 1.82) is 0 Å². The number of halogens is 2. The van der Waals surface area contributed by atoms with Crippen LogP contribution in [-0.4, -0.2) is 35.1 Å². The van der Waals surface area contributed by atoms with Crippen LogP contribution in [0.2, 0.25) is 10.0 Å². The Labute approximate surface area is 193 Å². The number of nitrogens with zero attached hydrogens (tertiary/aromatic N) is 1. The van der Waals surface area contributed by atoms with Crippen molar-refractivity contribution in [3.63, 3.8) is 0 Å². The van der Waals surface area contributed by atoms with E-state index in [1.165, 1.54) is 11.8 Å². The molecule has 0 aliphatic heterocycles. The number of benzene rings is 2. The van der Waals surface area contributed by atoms with Crippen molar-refractivity contribution < 1.29 is 9.59 Å². The first-order chi connectivity index (χ1) is 14.3. The molecule has 162 valence electrons. The maximum Gasteiger partial charge on any atom is 0.242 e. The van der Waals surface area contributed by atoms with E-state index in [2.05, 4.69) is 5.32 Å². The molecule has 0 aliphatic carbocycles. The van der Waals surface area contributed by atoms with E-state index in [-0.39, 0.29) is 24.1 Å². The van der Waals surface area contributed by atoms with Crippen molar-refractivity contribution in [2.75, 3.05) is 12.3 Å². The van der Waals surface area contributed by atoms with E-state index in [1.807, 2.05) is 51.1 Å². The third-order valence-corrected chi connectivity index (χ3v) is 6.27. The molecule has 7 heteroatoms. The quantitative estimate of drug-likeness (QED) is 0.459. The molecule has 4 nitrogen and oxygen atoms in total. The average Bonchev–Trinajstić information content (AvgIpc) is 2.73. The van der Waals surface area contributed by atoms with Crippen LogP contribution < -0.4 is 5.32 Å². The summed E-state index contributed by atoms with van der Waals surface area (Å²) in [6, 6.07) is 14.4. The molecule has 30 heavy (non-hydrogen) atoms. The van der Waals surface area contributed by atoms with Crippen LogP contribution in [0.1, 0.15) is 32.8 Å². The molecule has 2 aromatic rings. The van der Waals surface area contributed by atoms with Gasteiger partial charge in [0.15, 0.2) is 0 Å². The molecule has 0 spiro atoms. The maximum absolute atomic E-state index is 13.2. The van der Waals surface area contributed by atoms with Crippen molar-refractivity contribution >= 4 is 46.8 Å². The van der Waals surface area contributed by atoms with Gasteiger partial charge in [-0.05, 0) is 36.6 Å². The van der Waals surface area contributed by atoms with Crippen molar-refractivity contribution in [3.05, 3.63) is 64.1 Å². The number of amides is 2. The third kappa shape index (κ3) is 7.22. The second-order valence-electron chi connectivity index (χ2n) is 7.39. The molecule has 1 atom stereocenters. The number of nitrogens with one attached hydrogen (secondary N) is 1. The molecular weight excluding hydrogens is 439 g/mol. The lowest BCUT2D eigenvalue weighted by atomic mass is 10.1. The summed E-state index contributed by atoms with van der Waals surface area (Å²) >= 11 is 14.2. The van der Waals surface area contributed by atoms with Crippen molar-refractivity contribution in [1.82, 2.24) is 10.2 Å². The Hall–Kier alpha value is -1.69. The van der Waals surface area contributed by atoms with Gasteiger partial charge in [-0.15, -0.1) is 11.8 Å². The summed E-state index contributed by atoms with van der Waals surface area (Å²) in [5, 5.41) is 3.91. The Morgan fingerprint density at radius 1 is 1.03 bits per heavy atom. The Bertz CT molecular complexity index is 826. The zero-order chi connectivity index (χ0) is 22.1. The van der Waals surface area contributed by atoms with Crippen LogP contribution >= 0.6 is 35.0 Å². The highest BCUT2D eigenvalue weighted by Crippen LogP contribution is 2.28. The molecule has 0 unspecified atom stereocenters. The van der Waals surface area contributed by atoms with E-state index in [4.69, 9.17) is 23.2 Å². The highest BCUT2D eigenvalue weighted by atomic mass is 35.5. The van der Waals surface area contributed by atoms with Gasteiger partial charge in [-0.2, -0.15) is 0 Å². The van der Waals surface area contributed by atoms with Gasteiger partial charge in [0.1, 0.15) is 6.04 Å². The SMILES string of the molecule is CC[C@H](C(=O)NCC(C)C)N(Cc1c(Cl)cccc1Cl)C(=O)CSc1ccccc1. The average molecular weight is 467 g/mol. The van der Waals surface area contributed by atoms with E-state index in [1.54, 1.807) is 23.1 Å². The molecule has 2 rings (SSSR count). The first-order valence-corrected chi connectivity index (χ1v) is 11.8. The van der Waals surface area contributed by atoms with Gasteiger partial charge in [0.25, 0.3) is 0 Å². The molecule has 0 aliphatic rings. The molecule has 0 bridgehead atoms. The lowest BCUT2D eigenvalue weighted by Crippen LogP contribution is -2.50. The Kier molecular flexibility index (Phi) is 10.0. The molecule has 2 amide bonds. The van der Waals surface area contributed by atoms with Gasteiger partial charge in [-0.25, -0.2) is 0 Å². The summed E-state index contributed by atoms with van der Waals surface area (Å²) in [7, 11) is 0. The summed E-state index contributed by atoms with van der Waals surface area (Å²) in [6.07, 6.45) is 0.494. The molecule has 0 heterocycles. The summed E-state index contributed by atoms with van der Waals surface area (Å²) in [5.41, 5.74) is 0.647. The zero-order valence-corrected chi connectivity index (χ0v) is 19.9. The van der Waals surface area contributed by atoms with Crippen molar-refractivity contribution in [2.45, 2.75) is 44.7 Å². The number of carbonyl (C=O) groups is 2. The topological polar surface area (TPSA) is 49.4 Å². The van der Waals surface area contributed by atoms with Crippen LogP contribution in [-0.2, 0) is 16.1 Å². The maximum atomic E-state index is 13.2. The molecular formula is C23H28Cl2N2O2S. The van der Waals surface area contributed by atoms with Crippen LogP contribution in [0.5, 0.6) is 0 Å². The van der Waals surface area contributed by atoms with E-state index in [0.29, 0.717) is 34.5 Å². The van der Waals surface area contributed by atoms with E-state index in [0.717, 1.165) is 4.90 Å². The standard InChI is InChI=1S/C23H28Cl2N2O2S/c1-4-21(23(29)26-13-16(2)3)27(14-18-19(24)11-8-12-20(18)25)22(28)15-30-17-9-6-5-7-10-17/h5-12,16,21H,4,13-15H2,1-3H3,(H,26,29)/t21-/m1/s1. The molecule has 0 saturated heterocycles. The third-order valence-electron chi connectivity index (χ3n) is 4.57. The minimum absolute atomic E-state index is 0.133. The molecule has 0 fully saturated rings. The van der Waals surface area contributed by atoms with Crippen LogP contribution in [0.4, 0.5) is 0 Å². The van der Waals surface area contributed by atoms with Crippen molar-refractivity contribution in [3.8, 4) is 0 Å². The Morgan fingerprint density at radius 3 is 2.23 bits per heavy atom. The van der Waals surface area contributed by atoms with Crippen LogP contribution in [0.3, 0.4) is 0 Å². The fourth-order valence-corrected chi connectivity index (χ4v) is 4.26. The highest BCUT2D eigenvalue weighted by Gasteiger charge is 2.29. The lowest BCUT2D eigenvalue weighted by molar-refractivity contribution is -0.139. The van der Waals surface area contributed by atoms with Crippen molar-refractivity contribution in [2.24, 2.45) is 5.92 Å². The molecule has 0 saturated carbocycles. The normalized spacial score (nSPS) is 11.9. The summed E-state index contributed by atoms with van der Waals surface area (Å²) in [4.78, 5) is 28.7.